The number of rotatable bonds is 1. The van der Waals surface area contributed by atoms with Gasteiger partial charge in [-0.05, 0) is 92.4 Å². The van der Waals surface area contributed by atoms with Crippen molar-refractivity contribution in [3.8, 4) is 0 Å². The van der Waals surface area contributed by atoms with Crippen LogP contribution >= 0.6 is 0 Å². The van der Waals surface area contributed by atoms with E-state index in [4.69, 9.17) is 0 Å². The minimum atomic E-state index is -0.157. The first kappa shape index (κ1) is 14.9. The van der Waals surface area contributed by atoms with Crippen molar-refractivity contribution in [1.82, 2.24) is 0 Å². The molecule has 0 aromatic rings. The molecule has 0 bridgehead atoms. The largest absolute Gasteiger partial charge is 0.393 e. The molecule has 2 nitrogen and oxygen atoms in total. The molecule has 4 rings (SSSR count). The Bertz CT molecular complexity index is 494. The topological polar surface area (TPSA) is 37.3 Å². The van der Waals surface area contributed by atoms with E-state index in [-0.39, 0.29) is 6.10 Å². The molecule has 4 aliphatic rings. The van der Waals surface area contributed by atoms with Crippen molar-refractivity contribution in [3.63, 3.8) is 0 Å². The molecular weight excluding hydrogens is 272 g/mol. The lowest BCUT2D eigenvalue weighted by Gasteiger charge is -2.54. The van der Waals surface area contributed by atoms with E-state index in [0.29, 0.717) is 29.0 Å². The Balaban J connectivity index is 1.59. The molecule has 0 aliphatic heterocycles. The second kappa shape index (κ2) is 5.19. The lowest BCUT2D eigenvalue weighted by Crippen LogP contribution is -2.47. The summed E-state index contributed by atoms with van der Waals surface area (Å²) in [5, 5.41) is 10.2. The Morgan fingerprint density at radius 3 is 2.77 bits per heavy atom. The summed E-state index contributed by atoms with van der Waals surface area (Å²) in [4.78, 5) is 11.7. The minimum absolute atomic E-state index is 0.157. The fourth-order valence-electron chi connectivity index (χ4n) is 6.92. The molecule has 0 amide bonds. The lowest BCUT2D eigenvalue weighted by atomic mass is 9.51. The molecule has 0 radical (unpaired) electrons. The van der Waals surface area contributed by atoms with Gasteiger partial charge in [0.05, 0.1) is 6.10 Å². The third-order valence-electron chi connectivity index (χ3n) is 7.97. The monoisotopic (exact) mass is 302 g/mol. The molecule has 122 valence electrons. The quantitative estimate of drug-likeness (QED) is 0.795. The summed E-state index contributed by atoms with van der Waals surface area (Å²) in [6.07, 6.45) is 12.5. The molecule has 22 heavy (non-hydrogen) atoms. The molecule has 1 N–H and O–H groups in total. The van der Waals surface area contributed by atoms with Crippen molar-refractivity contribution < 1.29 is 9.90 Å². The van der Waals surface area contributed by atoms with Gasteiger partial charge in [-0.3, -0.25) is 4.79 Å². The van der Waals surface area contributed by atoms with Gasteiger partial charge in [-0.25, -0.2) is 0 Å². The summed E-state index contributed by atoms with van der Waals surface area (Å²) in [7, 11) is 0. The van der Waals surface area contributed by atoms with E-state index >= 15 is 0 Å². The molecule has 0 spiro atoms. The van der Waals surface area contributed by atoms with Gasteiger partial charge in [0.2, 0.25) is 0 Å². The maximum atomic E-state index is 11.7. The number of aliphatic hydroxyl groups excluding tert-OH is 1. The van der Waals surface area contributed by atoms with Gasteiger partial charge in [-0.15, -0.1) is 0 Å². The smallest absolute Gasteiger partial charge is 0.155 e. The normalized spacial score (nSPS) is 51.9. The first-order chi connectivity index (χ1) is 10.5. The zero-order valence-electron chi connectivity index (χ0n) is 14.0. The summed E-state index contributed by atoms with van der Waals surface area (Å²) in [5.41, 5.74) is 0.358. The molecule has 3 saturated carbocycles. The Morgan fingerprint density at radius 2 is 2.00 bits per heavy atom. The molecule has 0 unspecified atom stereocenters. The molecule has 4 aliphatic carbocycles. The van der Waals surface area contributed by atoms with Gasteiger partial charge in [0.25, 0.3) is 0 Å². The van der Waals surface area contributed by atoms with E-state index < -0.39 is 0 Å². The molecule has 2 heteroatoms. The van der Waals surface area contributed by atoms with Crippen LogP contribution in [0.5, 0.6) is 0 Å². The molecule has 0 aromatic carbocycles. The zero-order valence-corrected chi connectivity index (χ0v) is 14.0. The number of ketones is 1. The number of carbonyl (C=O) groups excluding carboxylic acids is 1. The van der Waals surface area contributed by atoms with Crippen LogP contribution in [0.4, 0.5) is 0 Å². The predicted octanol–water partition coefficient (Wildman–Crippen LogP) is 3.98. The van der Waals surface area contributed by atoms with Gasteiger partial charge in [0.15, 0.2) is 5.78 Å². The summed E-state index contributed by atoms with van der Waals surface area (Å²) >= 11 is 0. The summed E-state index contributed by atoms with van der Waals surface area (Å²) in [6, 6.07) is 0. The highest BCUT2D eigenvalue weighted by Gasteiger charge is 2.55. The van der Waals surface area contributed by atoms with Crippen molar-refractivity contribution in [3.05, 3.63) is 12.2 Å². The maximum absolute atomic E-state index is 11.7. The van der Waals surface area contributed by atoms with Gasteiger partial charge < -0.3 is 5.11 Å². The van der Waals surface area contributed by atoms with Gasteiger partial charge in [0.1, 0.15) is 0 Å². The average Bonchev–Trinajstić information content (AvgIpc) is 2.80. The van der Waals surface area contributed by atoms with Crippen LogP contribution in [0.15, 0.2) is 12.2 Å². The van der Waals surface area contributed by atoms with Crippen LogP contribution in [0, 0.1) is 40.9 Å². The van der Waals surface area contributed by atoms with E-state index in [1.165, 1.54) is 38.5 Å². The van der Waals surface area contributed by atoms with Crippen molar-refractivity contribution in [2.45, 2.75) is 64.9 Å². The number of fused-ring (bicyclic) bond motifs is 4. The van der Waals surface area contributed by atoms with E-state index in [1.807, 2.05) is 13.0 Å². The minimum Gasteiger partial charge on any atom is -0.393 e. The molecule has 8 atom stereocenters. The van der Waals surface area contributed by atoms with Gasteiger partial charge >= 0.3 is 0 Å². The number of carbonyl (C=O) groups is 1. The van der Waals surface area contributed by atoms with E-state index in [2.05, 4.69) is 13.0 Å². The molecule has 0 saturated heterocycles. The highest BCUT2D eigenvalue weighted by Crippen LogP contribution is 2.63. The number of aliphatic hydroxyl groups is 1. The Morgan fingerprint density at radius 1 is 1.23 bits per heavy atom. The predicted molar refractivity (Wildman–Crippen MR) is 87.2 cm³/mol. The SMILES string of the molecule is C[C@@H](O)[C@H]1CC[C@H]2C[C@@H]3[C@H](CC[C@H]4CC(=O)C=C[C@@H]43)C[C@@]21C. The number of hydrogen-bond donors (Lipinski definition) is 1. The first-order valence-electron chi connectivity index (χ1n) is 9.38. The Hall–Kier alpha value is -0.630. The average molecular weight is 302 g/mol. The van der Waals surface area contributed by atoms with Crippen molar-refractivity contribution in [2.24, 2.45) is 40.9 Å². The zero-order chi connectivity index (χ0) is 15.5. The first-order valence-corrected chi connectivity index (χ1v) is 9.38. The van der Waals surface area contributed by atoms with Crippen LogP contribution in [-0.2, 0) is 4.79 Å². The molecule has 0 heterocycles. The Kier molecular flexibility index (Phi) is 3.52. The number of hydrogen-bond acceptors (Lipinski definition) is 2. The molecule has 3 fully saturated rings. The summed E-state index contributed by atoms with van der Waals surface area (Å²) < 4.78 is 0. The van der Waals surface area contributed by atoms with Crippen LogP contribution in [0.1, 0.15) is 58.8 Å². The van der Waals surface area contributed by atoms with Crippen LogP contribution in [0.2, 0.25) is 0 Å². The second-order valence-electron chi connectivity index (χ2n) is 8.94. The van der Waals surface area contributed by atoms with Crippen LogP contribution in [-0.4, -0.2) is 17.0 Å². The van der Waals surface area contributed by atoms with E-state index in [1.54, 1.807) is 0 Å². The van der Waals surface area contributed by atoms with Gasteiger partial charge in [0, 0.05) is 6.42 Å². The maximum Gasteiger partial charge on any atom is 0.155 e. The second-order valence-corrected chi connectivity index (χ2v) is 8.94. The summed E-state index contributed by atoms with van der Waals surface area (Å²) in [5.74, 6) is 4.53. The van der Waals surface area contributed by atoms with Crippen molar-refractivity contribution in [2.75, 3.05) is 0 Å². The number of allylic oxidation sites excluding steroid dienone is 2. The van der Waals surface area contributed by atoms with Gasteiger partial charge in [-0.2, -0.15) is 0 Å². The highest BCUT2D eigenvalue weighted by atomic mass is 16.3. The highest BCUT2D eigenvalue weighted by molar-refractivity contribution is 5.90. The van der Waals surface area contributed by atoms with Crippen LogP contribution in [0.3, 0.4) is 0 Å². The van der Waals surface area contributed by atoms with Crippen molar-refractivity contribution in [1.29, 1.82) is 0 Å². The van der Waals surface area contributed by atoms with Crippen LogP contribution < -0.4 is 0 Å². The third kappa shape index (κ3) is 2.13. The molecule has 0 aromatic heterocycles. The van der Waals surface area contributed by atoms with Crippen LogP contribution in [0.25, 0.3) is 0 Å². The lowest BCUT2D eigenvalue weighted by molar-refractivity contribution is -0.118. The standard InChI is InChI=1S/C20H30O2/c1-12(21)19-8-5-15-10-18-14(11-20(15,19)2)4-3-13-9-16(22)6-7-17(13)18/h6-7,12-15,17-19,21H,3-5,8-11H2,1-2H3/t12-,13+,14-,15+,17+,18-,19-,20+/m1/s1. The summed E-state index contributed by atoms with van der Waals surface area (Å²) in [6.45, 7) is 4.46. The third-order valence-corrected chi connectivity index (χ3v) is 7.97. The molecular formula is C20H30O2. The van der Waals surface area contributed by atoms with E-state index in [9.17, 15) is 9.90 Å². The Labute approximate surface area is 134 Å². The van der Waals surface area contributed by atoms with E-state index in [0.717, 1.165) is 24.2 Å². The van der Waals surface area contributed by atoms with Gasteiger partial charge in [-0.1, -0.05) is 13.0 Å². The fraction of sp³-hybridized carbons (Fsp3) is 0.850. The fourth-order valence-corrected chi connectivity index (χ4v) is 6.92. The van der Waals surface area contributed by atoms with Crippen molar-refractivity contribution >= 4 is 5.78 Å².